The average molecular weight is 378 g/mol. The van der Waals surface area contributed by atoms with Crippen LogP contribution in [0.4, 0.5) is 10.1 Å². The van der Waals surface area contributed by atoms with Crippen molar-refractivity contribution in [3.8, 4) is 0 Å². The molecule has 2 rings (SSSR count). The van der Waals surface area contributed by atoms with Crippen LogP contribution in [0.2, 0.25) is 0 Å². The average Bonchev–Trinajstić information content (AvgIpc) is 3.14. The fourth-order valence-corrected chi connectivity index (χ4v) is 2.94. The molecule has 0 aliphatic carbocycles. The molecule has 0 aliphatic rings. The van der Waals surface area contributed by atoms with Gasteiger partial charge in [-0.05, 0) is 69.5 Å². The lowest BCUT2D eigenvalue weighted by molar-refractivity contribution is 0.293. The highest BCUT2D eigenvalue weighted by atomic mass is 32.1. The van der Waals surface area contributed by atoms with Crippen molar-refractivity contribution in [1.82, 2.24) is 9.80 Å². The van der Waals surface area contributed by atoms with E-state index in [-0.39, 0.29) is 5.82 Å². The second-order valence-electron chi connectivity index (χ2n) is 6.42. The molecular formula is C20H28FN3OS. The van der Waals surface area contributed by atoms with Gasteiger partial charge in [0, 0.05) is 6.54 Å². The summed E-state index contributed by atoms with van der Waals surface area (Å²) in [5.74, 6) is 0.522. The first-order chi connectivity index (χ1) is 12.6. The molecule has 0 atom stereocenters. The van der Waals surface area contributed by atoms with Crippen LogP contribution in [0.15, 0.2) is 47.1 Å². The topological polar surface area (TPSA) is 31.6 Å². The normalized spacial score (nSPS) is 10.9. The zero-order valence-electron chi connectivity index (χ0n) is 15.6. The molecule has 0 unspecified atom stereocenters. The maximum absolute atomic E-state index is 13.9. The van der Waals surface area contributed by atoms with E-state index < -0.39 is 0 Å². The predicted molar refractivity (Wildman–Crippen MR) is 109 cm³/mol. The van der Waals surface area contributed by atoms with E-state index in [4.69, 9.17) is 16.6 Å². The zero-order valence-corrected chi connectivity index (χ0v) is 16.4. The zero-order chi connectivity index (χ0) is 18.8. The Balaban J connectivity index is 1.94. The van der Waals surface area contributed by atoms with E-state index >= 15 is 0 Å². The van der Waals surface area contributed by atoms with Crippen LogP contribution in [0.5, 0.6) is 0 Å². The molecule has 6 heteroatoms. The Morgan fingerprint density at radius 2 is 1.88 bits per heavy atom. The van der Waals surface area contributed by atoms with E-state index in [2.05, 4.69) is 24.2 Å². The molecule has 2 aromatic rings. The van der Waals surface area contributed by atoms with E-state index in [9.17, 15) is 4.39 Å². The number of unbranched alkanes of at least 4 members (excludes halogenated alkanes) is 1. The fourth-order valence-electron chi connectivity index (χ4n) is 2.67. The maximum Gasteiger partial charge on any atom is 0.173 e. The molecule has 0 radical (unpaired) electrons. The lowest BCUT2D eigenvalue weighted by Gasteiger charge is -2.26. The van der Waals surface area contributed by atoms with Crippen molar-refractivity contribution in [2.75, 3.05) is 32.0 Å². The number of furan rings is 1. The number of rotatable bonds is 10. The largest absolute Gasteiger partial charge is 0.467 e. The quantitative estimate of drug-likeness (QED) is 0.605. The molecule has 0 aliphatic heterocycles. The van der Waals surface area contributed by atoms with Gasteiger partial charge in [-0.3, -0.25) is 0 Å². The van der Waals surface area contributed by atoms with Crippen LogP contribution in [0.3, 0.4) is 0 Å². The summed E-state index contributed by atoms with van der Waals surface area (Å²) in [7, 11) is 2.14. The van der Waals surface area contributed by atoms with Gasteiger partial charge in [-0.25, -0.2) is 4.39 Å². The Kier molecular flexibility index (Phi) is 8.58. The summed E-state index contributed by atoms with van der Waals surface area (Å²) in [6.07, 6.45) is 5.03. The third-order valence-corrected chi connectivity index (χ3v) is 4.55. The van der Waals surface area contributed by atoms with Crippen LogP contribution in [0, 0.1) is 5.82 Å². The Bertz CT molecular complexity index is 663. The first kappa shape index (κ1) is 20.4. The molecule has 0 saturated heterocycles. The number of thiocarbonyl (C=S) groups is 1. The van der Waals surface area contributed by atoms with Crippen LogP contribution in [0.25, 0.3) is 0 Å². The lowest BCUT2D eigenvalue weighted by atomic mass is 10.3. The number of hydrogen-bond acceptors (Lipinski definition) is 3. The number of hydrogen-bond donors (Lipinski definition) is 1. The fraction of sp³-hybridized carbons (Fsp3) is 0.450. The van der Waals surface area contributed by atoms with E-state index in [1.807, 2.05) is 17.0 Å². The molecule has 0 spiro atoms. The molecule has 0 bridgehead atoms. The Morgan fingerprint density at radius 1 is 1.12 bits per heavy atom. The molecule has 4 nitrogen and oxygen atoms in total. The van der Waals surface area contributed by atoms with Crippen molar-refractivity contribution in [2.24, 2.45) is 0 Å². The third-order valence-electron chi connectivity index (χ3n) is 4.19. The van der Waals surface area contributed by atoms with Crippen LogP contribution in [0.1, 0.15) is 31.9 Å². The number of benzene rings is 1. The maximum atomic E-state index is 13.9. The van der Waals surface area contributed by atoms with Gasteiger partial charge in [-0.1, -0.05) is 25.5 Å². The number of nitrogens with zero attached hydrogens (tertiary/aromatic N) is 2. The highest BCUT2D eigenvalue weighted by Gasteiger charge is 2.14. The number of para-hydroxylation sites is 1. The molecule has 0 saturated carbocycles. The van der Waals surface area contributed by atoms with Gasteiger partial charge in [0.2, 0.25) is 0 Å². The first-order valence-electron chi connectivity index (χ1n) is 9.11. The smallest absolute Gasteiger partial charge is 0.173 e. The number of halogens is 1. The summed E-state index contributed by atoms with van der Waals surface area (Å²) >= 11 is 5.53. The van der Waals surface area contributed by atoms with Crippen LogP contribution in [-0.2, 0) is 6.54 Å². The minimum Gasteiger partial charge on any atom is -0.467 e. The van der Waals surface area contributed by atoms with Gasteiger partial charge in [-0.2, -0.15) is 0 Å². The van der Waals surface area contributed by atoms with Crippen molar-refractivity contribution < 1.29 is 8.81 Å². The summed E-state index contributed by atoms with van der Waals surface area (Å²) in [5.41, 5.74) is 0.391. The van der Waals surface area contributed by atoms with Gasteiger partial charge < -0.3 is 19.5 Å². The van der Waals surface area contributed by atoms with Crippen molar-refractivity contribution in [1.29, 1.82) is 0 Å². The number of nitrogens with one attached hydrogen (secondary N) is 1. The molecule has 142 valence electrons. The van der Waals surface area contributed by atoms with Gasteiger partial charge in [0.05, 0.1) is 18.5 Å². The van der Waals surface area contributed by atoms with Gasteiger partial charge >= 0.3 is 0 Å². The standard InChI is InChI=1S/C20H28FN3OS/c1-3-4-12-23(2)13-8-14-24(16-17-9-7-15-25-17)20(26)22-19-11-6-5-10-18(19)21/h5-7,9-11,15H,3-4,8,12-14,16H2,1-2H3,(H,22,26). The van der Waals surface area contributed by atoms with Crippen LogP contribution >= 0.6 is 12.2 Å². The minimum absolute atomic E-state index is 0.313. The highest BCUT2D eigenvalue weighted by Crippen LogP contribution is 2.15. The van der Waals surface area contributed by atoms with Gasteiger partial charge in [0.15, 0.2) is 5.11 Å². The molecule has 1 heterocycles. The molecule has 0 fully saturated rings. The van der Waals surface area contributed by atoms with E-state index in [1.54, 1.807) is 24.5 Å². The summed E-state index contributed by atoms with van der Waals surface area (Å²) in [5, 5.41) is 3.52. The van der Waals surface area contributed by atoms with Crippen molar-refractivity contribution >= 4 is 23.0 Å². The summed E-state index contributed by atoms with van der Waals surface area (Å²) in [6.45, 7) is 5.64. The third kappa shape index (κ3) is 6.77. The Morgan fingerprint density at radius 3 is 2.58 bits per heavy atom. The van der Waals surface area contributed by atoms with E-state index in [0.717, 1.165) is 31.8 Å². The first-order valence-corrected chi connectivity index (χ1v) is 9.52. The van der Waals surface area contributed by atoms with E-state index in [1.165, 1.54) is 18.9 Å². The predicted octanol–water partition coefficient (Wildman–Crippen LogP) is 4.74. The Hall–Kier alpha value is -1.92. The minimum atomic E-state index is -0.313. The molecule has 1 aromatic heterocycles. The van der Waals surface area contributed by atoms with Crippen LogP contribution < -0.4 is 5.32 Å². The van der Waals surface area contributed by atoms with Gasteiger partial charge in [-0.15, -0.1) is 0 Å². The molecule has 26 heavy (non-hydrogen) atoms. The molecule has 1 aromatic carbocycles. The second kappa shape index (κ2) is 10.9. The summed E-state index contributed by atoms with van der Waals surface area (Å²) < 4.78 is 19.4. The monoisotopic (exact) mass is 377 g/mol. The van der Waals surface area contributed by atoms with Crippen molar-refractivity contribution in [3.05, 3.63) is 54.2 Å². The van der Waals surface area contributed by atoms with Crippen molar-refractivity contribution in [3.63, 3.8) is 0 Å². The summed E-state index contributed by atoms with van der Waals surface area (Å²) in [6, 6.07) is 10.3. The SMILES string of the molecule is CCCCN(C)CCCN(Cc1ccco1)C(=S)Nc1ccccc1F. The van der Waals surface area contributed by atoms with Crippen LogP contribution in [-0.4, -0.2) is 41.6 Å². The molecule has 0 amide bonds. The van der Waals surface area contributed by atoms with Gasteiger partial charge in [0.1, 0.15) is 11.6 Å². The molecular weight excluding hydrogens is 349 g/mol. The van der Waals surface area contributed by atoms with Crippen molar-refractivity contribution in [2.45, 2.75) is 32.7 Å². The second-order valence-corrected chi connectivity index (χ2v) is 6.81. The number of anilines is 1. The lowest BCUT2D eigenvalue weighted by Crippen LogP contribution is -2.36. The summed E-state index contributed by atoms with van der Waals surface area (Å²) in [4.78, 5) is 4.36. The Labute approximate surface area is 161 Å². The highest BCUT2D eigenvalue weighted by molar-refractivity contribution is 7.80. The van der Waals surface area contributed by atoms with Gasteiger partial charge in [0.25, 0.3) is 0 Å². The van der Waals surface area contributed by atoms with E-state index in [0.29, 0.717) is 17.3 Å². The molecule has 1 N–H and O–H groups in total.